The molecule has 4 heteroatoms. The Morgan fingerprint density at radius 1 is 1.31 bits per heavy atom. The van der Waals surface area contributed by atoms with Crippen LogP contribution in [0.15, 0.2) is 0 Å². The van der Waals surface area contributed by atoms with Crippen molar-refractivity contribution in [1.29, 1.82) is 0 Å². The molecular formula is C12H17BrO3. The summed E-state index contributed by atoms with van der Waals surface area (Å²) in [5, 5.41) is 10.4. The molecule has 2 unspecified atom stereocenters. The Kier molecular flexibility index (Phi) is 2.55. The fraction of sp³-hybridized carbons (Fsp3) is 0.917. The molecule has 0 amide bonds. The van der Waals surface area contributed by atoms with Crippen LogP contribution in [0.2, 0.25) is 0 Å². The third kappa shape index (κ3) is 1.61. The van der Waals surface area contributed by atoms with Crippen molar-refractivity contribution in [3.63, 3.8) is 0 Å². The van der Waals surface area contributed by atoms with Gasteiger partial charge in [-0.25, -0.2) is 0 Å². The standard InChI is InChI=1S/C12H17BrO3/c13-6-10(14)16-12-3-7-1-8(4-12)11(15)9(2-7)5-12/h7-9,11,15H,1-6H2. The summed E-state index contributed by atoms with van der Waals surface area (Å²) in [6, 6.07) is 0. The van der Waals surface area contributed by atoms with Crippen molar-refractivity contribution >= 4 is 21.9 Å². The van der Waals surface area contributed by atoms with Crippen LogP contribution in [0.4, 0.5) is 0 Å². The number of ether oxygens (including phenoxy) is 1. The number of aliphatic hydroxyl groups excluding tert-OH is 1. The van der Waals surface area contributed by atoms with Crippen molar-refractivity contribution < 1.29 is 14.6 Å². The molecule has 4 bridgehead atoms. The number of carbonyl (C=O) groups excluding carboxylic acids is 1. The maximum absolute atomic E-state index is 11.4. The third-order valence-electron chi connectivity index (χ3n) is 4.61. The van der Waals surface area contributed by atoms with Gasteiger partial charge in [0.05, 0.1) is 6.10 Å². The minimum Gasteiger partial charge on any atom is -0.458 e. The van der Waals surface area contributed by atoms with E-state index in [-0.39, 0.29) is 23.0 Å². The lowest BCUT2D eigenvalue weighted by Crippen LogP contribution is -2.58. The quantitative estimate of drug-likeness (QED) is 0.623. The van der Waals surface area contributed by atoms with E-state index in [9.17, 15) is 9.90 Å². The van der Waals surface area contributed by atoms with Gasteiger partial charge in [0.2, 0.25) is 0 Å². The molecule has 4 rings (SSSR count). The molecule has 4 aliphatic rings. The van der Waals surface area contributed by atoms with E-state index in [2.05, 4.69) is 15.9 Å². The van der Waals surface area contributed by atoms with Gasteiger partial charge in [0.25, 0.3) is 0 Å². The predicted molar refractivity (Wildman–Crippen MR) is 62.2 cm³/mol. The topological polar surface area (TPSA) is 46.5 Å². The first-order valence-corrected chi connectivity index (χ1v) is 7.20. The molecule has 16 heavy (non-hydrogen) atoms. The molecule has 4 saturated carbocycles. The zero-order valence-electron chi connectivity index (χ0n) is 9.19. The van der Waals surface area contributed by atoms with Crippen LogP contribution in [-0.2, 0) is 9.53 Å². The lowest BCUT2D eigenvalue weighted by Gasteiger charge is -2.57. The van der Waals surface area contributed by atoms with E-state index in [0.717, 1.165) is 32.1 Å². The summed E-state index contributed by atoms with van der Waals surface area (Å²) in [5.74, 6) is 1.25. The molecule has 0 spiro atoms. The number of esters is 1. The first-order valence-electron chi connectivity index (χ1n) is 6.08. The molecule has 0 aromatic rings. The highest BCUT2D eigenvalue weighted by molar-refractivity contribution is 9.09. The maximum Gasteiger partial charge on any atom is 0.317 e. The fourth-order valence-corrected chi connectivity index (χ4v) is 4.43. The second-order valence-corrected chi connectivity index (χ2v) is 6.31. The smallest absolute Gasteiger partial charge is 0.317 e. The molecule has 4 fully saturated rings. The first-order chi connectivity index (χ1) is 7.62. The van der Waals surface area contributed by atoms with E-state index < -0.39 is 0 Å². The summed E-state index contributed by atoms with van der Waals surface area (Å²) < 4.78 is 5.65. The minimum atomic E-state index is -0.236. The van der Waals surface area contributed by atoms with Crippen LogP contribution in [0.3, 0.4) is 0 Å². The molecule has 2 atom stereocenters. The number of halogens is 1. The molecule has 90 valence electrons. The fourth-order valence-electron chi connectivity index (χ4n) is 4.32. The Bertz CT molecular complexity index is 301. The van der Waals surface area contributed by atoms with Gasteiger partial charge in [-0.05, 0) is 49.9 Å². The second kappa shape index (κ2) is 3.70. The maximum atomic E-state index is 11.4. The number of hydrogen-bond donors (Lipinski definition) is 1. The Hall–Kier alpha value is -0.0900. The number of aliphatic hydroxyl groups is 1. The van der Waals surface area contributed by atoms with E-state index in [1.165, 1.54) is 0 Å². The van der Waals surface area contributed by atoms with E-state index in [0.29, 0.717) is 17.8 Å². The SMILES string of the molecule is O=C(CBr)OC12CC3CC(C1)C(O)C(C3)C2. The number of alkyl halides is 1. The van der Waals surface area contributed by atoms with Gasteiger partial charge in [0, 0.05) is 0 Å². The monoisotopic (exact) mass is 288 g/mol. The highest BCUT2D eigenvalue weighted by Crippen LogP contribution is 2.57. The molecule has 0 aliphatic heterocycles. The minimum absolute atomic E-state index is 0.146. The zero-order chi connectivity index (χ0) is 11.3. The molecule has 0 aromatic carbocycles. The number of rotatable bonds is 2. The highest BCUT2D eigenvalue weighted by atomic mass is 79.9. The first kappa shape index (κ1) is 11.0. The van der Waals surface area contributed by atoms with Crippen LogP contribution >= 0.6 is 15.9 Å². The third-order valence-corrected chi connectivity index (χ3v) is 5.06. The van der Waals surface area contributed by atoms with Crippen molar-refractivity contribution in [3.05, 3.63) is 0 Å². The van der Waals surface area contributed by atoms with E-state index in [1.54, 1.807) is 0 Å². The van der Waals surface area contributed by atoms with Crippen LogP contribution in [0, 0.1) is 17.8 Å². The Morgan fingerprint density at radius 2 is 1.94 bits per heavy atom. The van der Waals surface area contributed by atoms with Gasteiger partial charge < -0.3 is 9.84 Å². The van der Waals surface area contributed by atoms with Crippen LogP contribution in [0.5, 0.6) is 0 Å². The van der Waals surface area contributed by atoms with Crippen molar-refractivity contribution in [2.45, 2.75) is 43.8 Å². The molecule has 0 saturated heterocycles. The normalized spacial score (nSPS) is 49.4. The molecule has 0 radical (unpaired) electrons. The van der Waals surface area contributed by atoms with Crippen molar-refractivity contribution in [1.82, 2.24) is 0 Å². The van der Waals surface area contributed by atoms with Crippen LogP contribution < -0.4 is 0 Å². The lowest BCUT2D eigenvalue weighted by atomic mass is 9.53. The summed E-state index contributed by atoms with van der Waals surface area (Å²) in [5.41, 5.74) is -0.236. The van der Waals surface area contributed by atoms with Crippen LogP contribution in [0.1, 0.15) is 32.1 Å². The van der Waals surface area contributed by atoms with Gasteiger partial charge in [0.15, 0.2) is 0 Å². The van der Waals surface area contributed by atoms with Gasteiger partial charge in [-0.15, -0.1) is 0 Å². The highest BCUT2D eigenvalue weighted by Gasteiger charge is 2.56. The van der Waals surface area contributed by atoms with Gasteiger partial charge in [-0.3, -0.25) is 4.79 Å². The second-order valence-electron chi connectivity index (χ2n) is 5.75. The largest absolute Gasteiger partial charge is 0.458 e. The van der Waals surface area contributed by atoms with Crippen molar-refractivity contribution in [2.75, 3.05) is 5.33 Å². The summed E-state index contributed by atoms with van der Waals surface area (Å²) in [6.45, 7) is 0. The van der Waals surface area contributed by atoms with Gasteiger partial charge >= 0.3 is 5.97 Å². The lowest BCUT2D eigenvalue weighted by molar-refractivity contribution is -0.203. The number of hydrogen-bond acceptors (Lipinski definition) is 3. The van der Waals surface area contributed by atoms with Crippen molar-refractivity contribution in [3.8, 4) is 0 Å². The zero-order valence-corrected chi connectivity index (χ0v) is 10.8. The Balaban J connectivity index is 1.80. The molecule has 3 nitrogen and oxygen atoms in total. The summed E-state index contributed by atoms with van der Waals surface area (Å²) >= 11 is 3.14. The summed E-state index contributed by atoms with van der Waals surface area (Å²) in [6.07, 6.45) is 4.88. The van der Waals surface area contributed by atoms with Gasteiger partial charge in [-0.1, -0.05) is 15.9 Å². The molecule has 0 aromatic heterocycles. The van der Waals surface area contributed by atoms with E-state index >= 15 is 0 Å². The van der Waals surface area contributed by atoms with Crippen molar-refractivity contribution in [2.24, 2.45) is 17.8 Å². The number of carbonyl (C=O) groups is 1. The van der Waals surface area contributed by atoms with E-state index in [4.69, 9.17) is 4.74 Å². The Morgan fingerprint density at radius 3 is 2.50 bits per heavy atom. The molecule has 0 heterocycles. The average Bonchev–Trinajstić information content (AvgIpc) is 2.24. The van der Waals surface area contributed by atoms with Gasteiger partial charge in [0.1, 0.15) is 10.9 Å². The summed E-state index contributed by atoms with van der Waals surface area (Å²) in [4.78, 5) is 11.4. The average molecular weight is 289 g/mol. The molecular weight excluding hydrogens is 272 g/mol. The van der Waals surface area contributed by atoms with Crippen LogP contribution in [0.25, 0.3) is 0 Å². The predicted octanol–water partition coefficient (Wildman–Crippen LogP) is 1.86. The Labute approximate surface area is 104 Å². The summed E-state index contributed by atoms with van der Waals surface area (Å²) in [7, 11) is 0. The van der Waals surface area contributed by atoms with Crippen LogP contribution in [-0.4, -0.2) is 28.1 Å². The van der Waals surface area contributed by atoms with E-state index in [1.807, 2.05) is 0 Å². The molecule has 1 N–H and O–H groups in total. The molecule has 4 aliphatic carbocycles. The van der Waals surface area contributed by atoms with Gasteiger partial charge in [-0.2, -0.15) is 0 Å².